The van der Waals surface area contributed by atoms with E-state index in [9.17, 15) is 4.79 Å². The largest absolute Gasteiger partial charge is 0.355 e. The molecule has 2 atom stereocenters. The van der Waals surface area contributed by atoms with Crippen molar-refractivity contribution in [2.75, 3.05) is 18.0 Å². The third-order valence-electron chi connectivity index (χ3n) is 5.74. The number of carbonyl (C=O) groups excluding carboxylic acids is 1. The molecule has 2 aromatic rings. The van der Waals surface area contributed by atoms with Crippen LogP contribution >= 0.6 is 0 Å². The highest BCUT2D eigenvalue weighted by atomic mass is 16.2. The summed E-state index contributed by atoms with van der Waals surface area (Å²) < 4.78 is 0. The second kappa shape index (κ2) is 7.44. The third kappa shape index (κ3) is 3.57. The van der Waals surface area contributed by atoms with Crippen molar-refractivity contribution in [2.45, 2.75) is 38.6 Å². The van der Waals surface area contributed by atoms with E-state index in [-0.39, 0.29) is 11.8 Å². The van der Waals surface area contributed by atoms with Gasteiger partial charge in [-0.05, 0) is 18.8 Å². The Hall–Kier alpha value is -2.43. The molecule has 136 valence electrons. The highest BCUT2D eigenvalue weighted by Crippen LogP contribution is 2.28. The van der Waals surface area contributed by atoms with Crippen LogP contribution in [0.4, 0.5) is 5.82 Å². The Morgan fingerprint density at radius 2 is 1.88 bits per heavy atom. The number of rotatable bonds is 4. The maximum absolute atomic E-state index is 12.5. The number of aromatic nitrogens is 2. The van der Waals surface area contributed by atoms with Gasteiger partial charge in [0.15, 0.2) is 0 Å². The van der Waals surface area contributed by atoms with Gasteiger partial charge in [-0.3, -0.25) is 4.79 Å². The minimum Gasteiger partial charge on any atom is -0.355 e. The van der Waals surface area contributed by atoms with E-state index in [2.05, 4.69) is 27.1 Å². The van der Waals surface area contributed by atoms with Gasteiger partial charge in [-0.1, -0.05) is 50.1 Å². The molecule has 1 aromatic carbocycles. The van der Waals surface area contributed by atoms with E-state index in [1.165, 1.54) is 19.3 Å². The predicted molar refractivity (Wildman–Crippen MR) is 103 cm³/mol. The molecule has 2 unspecified atom stereocenters. The summed E-state index contributed by atoms with van der Waals surface area (Å²) in [6.07, 6.45) is 6.48. The Morgan fingerprint density at radius 1 is 1.12 bits per heavy atom. The number of carbonyl (C=O) groups is 1. The fourth-order valence-corrected chi connectivity index (χ4v) is 3.95. The highest BCUT2D eigenvalue weighted by Gasteiger charge is 2.35. The third-order valence-corrected chi connectivity index (χ3v) is 5.74. The zero-order chi connectivity index (χ0) is 17.9. The van der Waals surface area contributed by atoms with Crippen molar-refractivity contribution in [1.29, 1.82) is 0 Å². The molecule has 0 spiro atoms. The summed E-state index contributed by atoms with van der Waals surface area (Å²) in [5, 5.41) is 3.28. The van der Waals surface area contributed by atoms with Crippen molar-refractivity contribution in [3.8, 4) is 11.3 Å². The molecule has 4 rings (SSSR count). The molecule has 1 saturated heterocycles. The maximum atomic E-state index is 12.5. The van der Waals surface area contributed by atoms with Crippen LogP contribution in [0.2, 0.25) is 0 Å². The number of hydrogen-bond donors (Lipinski definition) is 1. The lowest BCUT2D eigenvalue weighted by atomic mass is 9.85. The molecule has 26 heavy (non-hydrogen) atoms. The number of nitrogens with one attached hydrogen (secondary N) is 1. The van der Waals surface area contributed by atoms with Gasteiger partial charge in [0, 0.05) is 30.8 Å². The summed E-state index contributed by atoms with van der Waals surface area (Å²) >= 11 is 0. The normalized spacial score (nSPS) is 23.3. The fraction of sp³-hybridized carbons (Fsp3) is 0.476. The Morgan fingerprint density at radius 3 is 2.65 bits per heavy atom. The predicted octanol–water partition coefficient (Wildman–Crippen LogP) is 3.27. The first-order valence-corrected chi connectivity index (χ1v) is 9.63. The van der Waals surface area contributed by atoms with Crippen molar-refractivity contribution in [3.05, 3.63) is 42.7 Å². The first-order chi connectivity index (χ1) is 12.7. The van der Waals surface area contributed by atoms with Crippen LogP contribution in [0.15, 0.2) is 42.7 Å². The van der Waals surface area contributed by atoms with Gasteiger partial charge in [0.1, 0.15) is 12.1 Å². The lowest BCUT2D eigenvalue weighted by molar-refractivity contribution is -0.127. The van der Waals surface area contributed by atoms with Crippen LogP contribution in [0.3, 0.4) is 0 Å². The smallest absolute Gasteiger partial charge is 0.226 e. The van der Waals surface area contributed by atoms with Gasteiger partial charge >= 0.3 is 0 Å². The Kier molecular flexibility index (Phi) is 4.87. The molecule has 1 amide bonds. The number of amides is 1. The van der Waals surface area contributed by atoms with Gasteiger partial charge in [-0.15, -0.1) is 0 Å². The lowest BCUT2D eigenvalue weighted by Crippen LogP contribution is -2.56. The van der Waals surface area contributed by atoms with Crippen molar-refractivity contribution in [1.82, 2.24) is 15.3 Å². The van der Waals surface area contributed by atoms with Crippen LogP contribution in [-0.2, 0) is 4.79 Å². The van der Waals surface area contributed by atoms with Crippen molar-refractivity contribution in [2.24, 2.45) is 11.8 Å². The second-order valence-corrected chi connectivity index (χ2v) is 7.61. The topological polar surface area (TPSA) is 58.1 Å². The number of nitrogens with zero attached hydrogens (tertiary/aromatic N) is 3. The monoisotopic (exact) mass is 350 g/mol. The van der Waals surface area contributed by atoms with Gasteiger partial charge in [0.05, 0.1) is 11.6 Å². The maximum Gasteiger partial charge on any atom is 0.226 e. The zero-order valence-corrected chi connectivity index (χ0v) is 15.3. The molecule has 1 aromatic heterocycles. The molecular formula is C21H26N4O. The van der Waals surface area contributed by atoms with Crippen LogP contribution < -0.4 is 10.2 Å². The van der Waals surface area contributed by atoms with Crippen LogP contribution in [0.5, 0.6) is 0 Å². The summed E-state index contributed by atoms with van der Waals surface area (Å²) in [5.74, 6) is 1.77. The van der Waals surface area contributed by atoms with Crippen molar-refractivity contribution < 1.29 is 4.79 Å². The van der Waals surface area contributed by atoms with Crippen LogP contribution in [0.1, 0.15) is 32.6 Å². The van der Waals surface area contributed by atoms with Gasteiger partial charge in [-0.2, -0.15) is 0 Å². The Labute approximate surface area is 154 Å². The number of anilines is 1. The molecule has 5 heteroatoms. The Balaban J connectivity index is 1.35. The molecule has 1 aliphatic heterocycles. The van der Waals surface area contributed by atoms with Gasteiger partial charge < -0.3 is 10.2 Å². The summed E-state index contributed by atoms with van der Waals surface area (Å²) in [5.41, 5.74) is 2.00. The standard InChI is InChI=1S/C21H26N4O/c1-15-7-5-6-10-18(15)24-21(26)17-12-25(13-17)20-11-19(22-14-23-20)16-8-3-2-4-9-16/h2-4,8-9,11,14-15,17-18H,5-7,10,12-13H2,1H3,(H,24,26). The summed E-state index contributed by atoms with van der Waals surface area (Å²) in [4.78, 5) is 23.5. The average molecular weight is 350 g/mol. The summed E-state index contributed by atoms with van der Waals surface area (Å²) in [6.45, 7) is 3.72. The molecule has 5 nitrogen and oxygen atoms in total. The van der Waals surface area contributed by atoms with Crippen LogP contribution in [-0.4, -0.2) is 35.0 Å². The average Bonchev–Trinajstić information content (AvgIpc) is 2.63. The SMILES string of the molecule is CC1CCCCC1NC(=O)C1CN(c2cc(-c3ccccc3)ncn2)C1. The van der Waals surface area contributed by atoms with Crippen LogP contribution in [0, 0.1) is 11.8 Å². The van der Waals surface area contributed by atoms with E-state index < -0.39 is 0 Å². The van der Waals surface area contributed by atoms with E-state index >= 15 is 0 Å². The second-order valence-electron chi connectivity index (χ2n) is 7.61. The fourth-order valence-electron chi connectivity index (χ4n) is 3.95. The molecule has 1 saturated carbocycles. The van der Waals surface area contributed by atoms with Crippen molar-refractivity contribution in [3.63, 3.8) is 0 Å². The van der Waals surface area contributed by atoms with E-state index in [0.717, 1.165) is 36.6 Å². The van der Waals surface area contributed by atoms with Gasteiger partial charge in [-0.25, -0.2) is 9.97 Å². The van der Waals surface area contributed by atoms with E-state index in [4.69, 9.17) is 0 Å². The molecule has 2 aliphatic rings. The molecule has 1 aliphatic carbocycles. The minimum absolute atomic E-state index is 0.0688. The summed E-state index contributed by atoms with van der Waals surface area (Å²) in [6, 6.07) is 12.5. The van der Waals surface area contributed by atoms with E-state index in [1.807, 2.05) is 36.4 Å². The number of benzene rings is 1. The highest BCUT2D eigenvalue weighted by molar-refractivity contribution is 5.82. The number of hydrogen-bond acceptors (Lipinski definition) is 4. The molecule has 2 fully saturated rings. The molecular weight excluding hydrogens is 324 g/mol. The van der Waals surface area contributed by atoms with Crippen molar-refractivity contribution >= 4 is 11.7 Å². The summed E-state index contributed by atoms with van der Waals surface area (Å²) in [7, 11) is 0. The van der Waals surface area contributed by atoms with Crippen LogP contribution in [0.25, 0.3) is 11.3 Å². The quantitative estimate of drug-likeness (QED) is 0.919. The first-order valence-electron chi connectivity index (χ1n) is 9.63. The molecule has 2 heterocycles. The minimum atomic E-state index is 0.0688. The van der Waals surface area contributed by atoms with Gasteiger partial charge in [0.25, 0.3) is 0 Å². The molecule has 0 radical (unpaired) electrons. The van der Waals surface area contributed by atoms with E-state index in [1.54, 1.807) is 6.33 Å². The molecule has 0 bridgehead atoms. The zero-order valence-electron chi connectivity index (χ0n) is 15.3. The lowest BCUT2D eigenvalue weighted by Gasteiger charge is -2.40. The van der Waals surface area contributed by atoms with E-state index in [0.29, 0.717) is 12.0 Å². The Bertz CT molecular complexity index is 758. The first kappa shape index (κ1) is 17.0. The molecule has 1 N–H and O–H groups in total. The van der Waals surface area contributed by atoms with Gasteiger partial charge in [0.2, 0.25) is 5.91 Å².